The van der Waals surface area contributed by atoms with Gasteiger partial charge in [-0.15, -0.1) is 0 Å². The molecule has 4 heteroatoms. The molecule has 106 valence electrons. The van der Waals surface area contributed by atoms with Crippen LogP contribution >= 0.6 is 0 Å². The second-order valence-corrected chi connectivity index (χ2v) is 5.21. The Hall–Kier alpha value is -1.55. The lowest BCUT2D eigenvalue weighted by molar-refractivity contribution is -0.139. The zero-order chi connectivity index (χ0) is 14.4. The van der Waals surface area contributed by atoms with Crippen molar-refractivity contribution in [2.75, 3.05) is 6.54 Å². The number of phenols is 1. The van der Waals surface area contributed by atoms with Gasteiger partial charge in [-0.2, -0.15) is 0 Å². The van der Waals surface area contributed by atoms with Crippen LogP contribution in [0.3, 0.4) is 0 Å². The van der Waals surface area contributed by atoms with E-state index in [9.17, 15) is 9.90 Å². The van der Waals surface area contributed by atoms with Crippen LogP contribution in [0.15, 0.2) is 24.3 Å². The highest BCUT2D eigenvalue weighted by Crippen LogP contribution is 2.15. The van der Waals surface area contributed by atoms with Gasteiger partial charge in [-0.05, 0) is 51.3 Å². The summed E-state index contributed by atoms with van der Waals surface area (Å²) >= 11 is 0. The lowest BCUT2D eigenvalue weighted by Gasteiger charge is -2.31. The molecule has 0 radical (unpaired) electrons. The topological polar surface area (TPSA) is 60.8 Å². The Kier molecular flexibility index (Phi) is 5.83. The van der Waals surface area contributed by atoms with Crippen molar-refractivity contribution in [2.24, 2.45) is 0 Å². The number of aliphatic carboxylic acids is 1. The molecular weight excluding hydrogens is 242 g/mol. The van der Waals surface area contributed by atoms with Crippen molar-refractivity contribution in [1.29, 1.82) is 0 Å². The Morgan fingerprint density at radius 3 is 2.26 bits per heavy atom. The van der Waals surface area contributed by atoms with Crippen LogP contribution in [0.5, 0.6) is 5.75 Å². The molecule has 0 amide bonds. The van der Waals surface area contributed by atoms with Gasteiger partial charge in [-0.3, -0.25) is 9.69 Å². The van der Waals surface area contributed by atoms with E-state index in [0.29, 0.717) is 0 Å². The summed E-state index contributed by atoms with van der Waals surface area (Å²) in [7, 11) is 0. The van der Waals surface area contributed by atoms with Crippen LogP contribution in [-0.4, -0.2) is 39.7 Å². The maximum Gasteiger partial charge on any atom is 0.317 e. The van der Waals surface area contributed by atoms with Gasteiger partial charge in [-0.1, -0.05) is 12.1 Å². The predicted octanol–water partition coefficient (Wildman–Crippen LogP) is 2.51. The Morgan fingerprint density at radius 2 is 1.79 bits per heavy atom. The number of aromatic hydroxyl groups is 1. The van der Waals surface area contributed by atoms with E-state index in [-0.39, 0.29) is 24.4 Å². The molecule has 0 aromatic heterocycles. The number of nitrogens with zero attached hydrogens (tertiary/aromatic N) is 1. The number of benzene rings is 1. The van der Waals surface area contributed by atoms with E-state index in [1.54, 1.807) is 12.1 Å². The molecule has 0 heterocycles. The number of carboxylic acids is 1. The van der Waals surface area contributed by atoms with Crippen LogP contribution < -0.4 is 0 Å². The number of phenolic OH excluding ortho intramolecular Hbond substituents is 1. The molecule has 0 bridgehead atoms. The molecule has 1 unspecified atom stereocenters. The molecule has 19 heavy (non-hydrogen) atoms. The maximum atomic E-state index is 10.9. The summed E-state index contributed by atoms with van der Waals surface area (Å²) in [5, 5.41) is 18.1. The summed E-state index contributed by atoms with van der Waals surface area (Å²) in [6.45, 7) is 6.16. The molecule has 1 aromatic carbocycles. The fraction of sp³-hybridized carbons (Fsp3) is 0.533. The van der Waals surface area contributed by atoms with Crippen molar-refractivity contribution < 1.29 is 15.0 Å². The van der Waals surface area contributed by atoms with Gasteiger partial charge in [0.15, 0.2) is 0 Å². The predicted molar refractivity (Wildman–Crippen MR) is 75.4 cm³/mol. The molecular formula is C15H23NO3. The number of hydrogen-bond donors (Lipinski definition) is 2. The molecule has 0 saturated carbocycles. The summed E-state index contributed by atoms with van der Waals surface area (Å²) in [5.41, 5.74) is 1.16. The van der Waals surface area contributed by atoms with E-state index in [1.165, 1.54) is 0 Å². The summed E-state index contributed by atoms with van der Waals surface area (Å²) in [6.07, 6.45) is 1.78. The molecule has 1 atom stereocenters. The van der Waals surface area contributed by atoms with Gasteiger partial charge in [0, 0.05) is 12.1 Å². The van der Waals surface area contributed by atoms with E-state index in [1.807, 2.05) is 30.9 Å². The van der Waals surface area contributed by atoms with Gasteiger partial charge in [0.2, 0.25) is 0 Å². The van der Waals surface area contributed by atoms with Crippen molar-refractivity contribution in [2.45, 2.75) is 45.7 Å². The monoisotopic (exact) mass is 265 g/mol. The first-order valence-electron chi connectivity index (χ1n) is 6.65. The molecule has 2 N–H and O–H groups in total. The van der Waals surface area contributed by atoms with Gasteiger partial charge in [0.05, 0.1) is 6.54 Å². The molecule has 4 nitrogen and oxygen atoms in total. The molecule has 0 fully saturated rings. The standard InChI is InChI=1S/C15H23NO3/c1-11(2)16(10-15(18)19)12(3)4-5-13-6-8-14(17)9-7-13/h6-9,11-12,17H,4-5,10H2,1-3H3,(H,18,19). The molecule has 0 spiro atoms. The highest BCUT2D eigenvalue weighted by molar-refractivity contribution is 5.69. The lowest BCUT2D eigenvalue weighted by atomic mass is 10.0. The lowest BCUT2D eigenvalue weighted by Crippen LogP contribution is -2.42. The van der Waals surface area contributed by atoms with Gasteiger partial charge >= 0.3 is 5.97 Å². The molecule has 0 aliphatic rings. The van der Waals surface area contributed by atoms with Gasteiger partial charge in [0.25, 0.3) is 0 Å². The smallest absolute Gasteiger partial charge is 0.317 e. The Morgan fingerprint density at radius 1 is 1.21 bits per heavy atom. The largest absolute Gasteiger partial charge is 0.508 e. The van der Waals surface area contributed by atoms with Crippen molar-refractivity contribution >= 4 is 5.97 Å². The third-order valence-corrected chi connectivity index (χ3v) is 3.33. The molecule has 0 aliphatic carbocycles. The Bertz CT molecular complexity index is 400. The van der Waals surface area contributed by atoms with Crippen molar-refractivity contribution in [3.8, 4) is 5.75 Å². The minimum Gasteiger partial charge on any atom is -0.508 e. The fourth-order valence-corrected chi connectivity index (χ4v) is 2.21. The van der Waals surface area contributed by atoms with Crippen molar-refractivity contribution in [1.82, 2.24) is 4.90 Å². The van der Waals surface area contributed by atoms with Gasteiger partial charge in [0.1, 0.15) is 5.75 Å². The second-order valence-electron chi connectivity index (χ2n) is 5.21. The van der Waals surface area contributed by atoms with Crippen LogP contribution in [0.1, 0.15) is 32.8 Å². The van der Waals surface area contributed by atoms with E-state index in [4.69, 9.17) is 5.11 Å². The quantitative estimate of drug-likeness (QED) is 0.795. The summed E-state index contributed by atoms with van der Waals surface area (Å²) in [5.74, 6) is -0.517. The molecule has 1 rings (SSSR count). The van der Waals surface area contributed by atoms with Crippen LogP contribution in [0.25, 0.3) is 0 Å². The molecule has 0 saturated heterocycles. The summed E-state index contributed by atoms with van der Waals surface area (Å²) in [6, 6.07) is 7.59. The van der Waals surface area contributed by atoms with E-state index < -0.39 is 5.97 Å². The number of carbonyl (C=O) groups is 1. The van der Waals surface area contributed by atoms with E-state index in [2.05, 4.69) is 6.92 Å². The normalized spacial score (nSPS) is 12.9. The highest BCUT2D eigenvalue weighted by atomic mass is 16.4. The minimum absolute atomic E-state index is 0.0778. The van der Waals surface area contributed by atoms with Crippen LogP contribution in [0.2, 0.25) is 0 Å². The first-order valence-corrected chi connectivity index (χ1v) is 6.65. The van der Waals surface area contributed by atoms with Gasteiger partial charge in [-0.25, -0.2) is 0 Å². The Balaban J connectivity index is 2.54. The second kappa shape index (κ2) is 7.14. The summed E-state index contributed by atoms with van der Waals surface area (Å²) in [4.78, 5) is 12.8. The molecule has 0 aliphatic heterocycles. The number of aryl methyl sites for hydroxylation is 1. The number of rotatable bonds is 7. The highest BCUT2D eigenvalue weighted by Gasteiger charge is 2.19. The van der Waals surface area contributed by atoms with Crippen LogP contribution in [0, 0.1) is 0 Å². The SMILES string of the molecule is CC(C)N(CC(=O)O)C(C)CCc1ccc(O)cc1. The third-order valence-electron chi connectivity index (χ3n) is 3.33. The first-order chi connectivity index (χ1) is 8.90. The number of hydrogen-bond acceptors (Lipinski definition) is 3. The third kappa shape index (κ3) is 5.30. The zero-order valence-electron chi connectivity index (χ0n) is 11.8. The van der Waals surface area contributed by atoms with Crippen molar-refractivity contribution in [3.63, 3.8) is 0 Å². The van der Waals surface area contributed by atoms with Crippen molar-refractivity contribution in [3.05, 3.63) is 29.8 Å². The maximum absolute atomic E-state index is 10.9. The zero-order valence-corrected chi connectivity index (χ0v) is 11.8. The average molecular weight is 265 g/mol. The molecule has 1 aromatic rings. The van der Waals surface area contributed by atoms with Crippen LogP contribution in [-0.2, 0) is 11.2 Å². The van der Waals surface area contributed by atoms with E-state index >= 15 is 0 Å². The fourth-order valence-electron chi connectivity index (χ4n) is 2.21. The Labute approximate surface area is 114 Å². The average Bonchev–Trinajstić information content (AvgIpc) is 2.34. The van der Waals surface area contributed by atoms with Crippen LogP contribution in [0.4, 0.5) is 0 Å². The minimum atomic E-state index is -0.787. The van der Waals surface area contributed by atoms with Gasteiger partial charge < -0.3 is 10.2 Å². The summed E-state index contributed by atoms with van der Waals surface area (Å²) < 4.78 is 0. The first kappa shape index (κ1) is 15.5. The van der Waals surface area contributed by atoms with E-state index in [0.717, 1.165) is 18.4 Å². The number of carboxylic acid groups (broad SMARTS) is 1.